The summed E-state index contributed by atoms with van der Waals surface area (Å²) in [5, 5.41) is 4.32. The van der Waals surface area contributed by atoms with Gasteiger partial charge in [-0.2, -0.15) is 0 Å². The number of carbonyl (C=O) groups excluding carboxylic acids is 1. The Morgan fingerprint density at radius 2 is 2.35 bits per heavy atom. The van der Waals surface area contributed by atoms with Gasteiger partial charge in [0, 0.05) is 5.70 Å². The van der Waals surface area contributed by atoms with Crippen LogP contribution < -0.4 is 10.5 Å². The summed E-state index contributed by atoms with van der Waals surface area (Å²) in [6.45, 7) is 3.73. The highest BCUT2D eigenvalue weighted by molar-refractivity contribution is 5.71. The summed E-state index contributed by atoms with van der Waals surface area (Å²) in [6, 6.07) is 0. The molecule has 1 aromatic rings. The van der Waals surface area contributed by atoms with Gasteiger partial charge in [-0.25, -0.2) is 9.48 Å². The maximum Gasteiger partial charge on any atom is 0.344 e. The lowest BCUT2D eigenvalue weighted by atomic mass is 10.1. The molecular weight excluding hydrogens is 258 g/mol. The SMILES string of the molecule is CCOC(=O)COc1nn(C2=CC=CCC2)c(N)c1C. The molecule has 0 saturated heterocycles. The first-order chi connectivity index (χ1) is 9.63. The van der Waals surface area contributed by atoms with Crippen molar-refractivity contribution in [1.82, 2.24) is 9.78 Å². The molecule has 1 aromatic heterocycles. The second kappa shape index (κ2) is 6.27. The van der Waals surface area contributed by atoms with E-state index in [4.69, 9.17) is 15.2 Å². The largest absolute Gasteiger partial charge is 0.464 e. The zero-order chi connectivity index (χ0) is 14.5. The van der Waals surface area contributed by atoms with Gasteiger partial charge in [0.05, 0.1) is 12.2 Å². The van der Waals surface area contributed by atoms with Crippen molar-refractivity contribution < 1.29 is 14.3 Å². The Labute approximate surface area is 117 Å². The van der Waals surface area contributed by atoms with Crippen molar-refractivity contribution in [3.63, 3.8) is 0 Å². The molecule has 0 atom stereocenters. The van der Waals surface area contributed by atoms with Crippen LogP contribution in [0.4, 0.5) is 5.82 Å². The molecule has 0 amide bonds. The third kappa shape index (κ3) is 3.01. The monoisotopic (exact) mass is 277 g/mol. The Morgan fingerprint density at radius 3 is 3.00 bits per heavy atom. The molecule has 1 aliphatic rings. The third-order valence-corrected chi connectivity index (χ3v) is 3.02. The number of esters is 1. The predicted molar refractivity (Wildman–Crippen MR) is 76.2 cm³/mol. The lowest BCUT2D eigenvalue weighted by Gasteiger charge is -2.10. The number of nitrogen functional groups attached to an aromatic ring is 1. The van der Waals surface area contributed by atoms with E-state index in [-0.39, 0.29) is 6.61 Å². The number of rotatable bonds is 5. The Bertz CT molecular complexity index is 558. The van der Waals surface area contributed by atoms with Crippen molar-refractivity contribution in [3.05, 3.63) is 23.8 Å². The fourth-order valence-corrected chi connectivity index (χ4v) is 1.94. The first-order valence-electron chi connectivity index (χ1n) is 6.63. The summed E-state index contributed by atoms with van der Waals surface area (Å²) in [4.78, 5) is 11.3. The first kappa shape index (κ1) is 14.2. The van der Waals surface area contributed by atoms with Gasteiger partial charge >= 0.3 is 5.97 Å². The van der Waals surface area contributed by atoms with Gasteiger partial charge in [0.25, 0.3) is 0 Å². The summed E-state index contributed by atoms with van der Waals surface area (Å²) < 4.78 is 11.8. The molecule has 0 fully saturated rings. The standard InChI is InChI=1S/C14H19N3O3/c1-3-19-12(18)9-20-14-10(2)13(15)17(16-14)11-7-5-4-6-8-11/h4-5,7H,3,6,8-9,15H2,1-2H3. The molecule has 108 valence electrons. The number of ether oxygens (including phenoxy) is 2. The molecule has 0 aliphatic heterocycles. The lowest BCUT2D eigenvalue weighted by molar-refractivity contribution is -0.145. The van der Waals surface area contributed by atoms with Gasteiger partial charge in [-0.05, 0) is 32.8 Å². The molecule has 0 unspecified atom stereocenters. The van der Waals surface area contributed by atoms with Crippen LogP contribution in [0, 0.1) is 6.92 Å². The molecule has 0 aromatic carbocycles. The number of aromatic nitrogens is 2. The van der Waals surface area contributed by atoms with Gasteiger partial charge in [-0.1, -0.05) is 12.2 Å². The highest BCUT2D eigenvalue weighted by Gasteiger charge is 2.17. The number of carbonyl (C=O) groups is 1. The van der Waals surface area contributed by atoms with E-state index in [1.165, 1.54) is 0 Å². The van der Waals surface area contributed by atoms with E-state index < -0.39 is 5.97 Å². The Balaban J connectivity index is 2.13. The van der Waals surface area contributed by atoms with E-state index in [9.17, 15) is 4.79 Å². The Hall–Kier alpha value is -2.24. The van der Waals surface area contributed by atoms with Gasteiger partial charge in [0.1, 0.15) is 5.82 Å². The van der Waals surface area contributed by atoms with Crippen LogP contribution in [0.15, 0.2) is 18.2 Å². The fraction of sp³-hybridized carbons (Fsp3) is 0.429. The van der Waals surface area contributed by atoms with Crippen molar-refractivity contribution >= 4 is 17.5 Å². The van der Waals surface area contributed by atoms with Crippen molar-refractivity contribution in [2.45, 2.75) is 26.7 Å². The van der Waals surface area contributed by atoms with E-state index >= 15 is 0 Å². The molecule has 0 saturated carbocycles. The smallest absolute Gasteiger partial charge is 0.344 e. The van der Waals surface area contributed by atoms with Gasteiger partial charge in [-0.15, -0.1) is 5.10 Å². The number of nitrogens with zero attached hydrogens (tertiary/aromatic N) is 2. The molecule has 2 N–H and O–H groups in total. The van der Waals surface area contributed by atoms with Crippen LogP contribution in [0.25, 0.3) is 5.70 Å². The quantitative estimate of drug-likeness (QED) is 0.832. The number of anilines is 1. The molecular formula is C14H19N3O3. The van der Waals surface area contributed by atoms with E-state index in [1.807, 2.05) is 19.1 Å². The molecule has 6 nitrogen and oxygen atoms in total. The Morgan fingerprint density at radius 1 is 1.55 bits per heavy atom. The van der Waals surface area contributed by atoms with Crippen LogP contribution in [0.2, 0.25) is 0 Å². The predicted octanol–water partition coefficient (Wildman–Crippen LogP) is 1.91. The zero-order valence-corrected chi connectivity index (χ0v) is 11.8. The fourth-order valence-electron chi connectivity index (χ4n) is 1.94. The minimum atomic E-state index is -0.417. The van der Waals surface area contributed by atoms with Crippen LogP contribution in [0.3, 0.4) is 0 Å². The van der Waals surface area contributed by atoms with Crippen molar-refractivity contribution in [3.8, 4) is 5.88 Å². The second-order valence-electron chi connectivity index (χ2n) is 4.45. The molecule has 0 bridgehead atoms. The lowest BCUT2D eigenvalue weighted by Crippen LogP contribution is -2.15. The van der Waals surface area contributed by atoms with Gasteiger partial charge < -0.3 is 15.2 Å². The van der Waals surface area contributed by atoms with E-state index in [0.29, 0.717) is 18.3 Å². The minimum absolute atomic E-state index is 0.163. The van der Waals surface area contributed by atoms with Gasteiger partial charge in [0.2, 0.25) is 5.88 Å². The molecule has 20 heavy (non-hydrogen) atoms. The van der Waals surface area contributed by atoms with Gasteiger partial charge in [0.15, 0.2) is 6.61 Å². The zero-order valence-electron chi connectivity index (χ0n) is 11.8. The number of hydrogen-bond donors (Lipinski definition) is 1. The minimum Gasteiger partial charge on any atom is -0.464 e. The number of hydrogen-bond acceptors (Lipinski definition) is 5. The number of allylic oxidation sites excluding steroid dienone is 4. The average Bonchev–Trinajstić information content (AvgIpc) is 2.74. The number of nitrogens with two attached hydrogens (primary N) is 1. The summed E-state index contributed by atoms with van der Waals surface area (Å²) >= 11 is 0. The van der Waals surface area contributed by atoms with Crippen molar-refractivity contribution in [2.24, 2.45) is 0 Å². The van der Waals surface area contributed by atoms with Crippen LogP contribution >= 0.6 is 0 Å². The highest BCUT2D eigenvalue weighted by atomic mass is 16.6. The van der Waals surface area contributed by atoms with Crippen molar-refractivity contribution in [2.75, 3.05) is 18.9 Å². The summed E-state index contributed by atoms with van der Waals surface area (Å²) in [5.41, 5.74) is 7.78. The van der Waals surface area contributed by atoms with Gasteiger partial charge in [-0.3, -0.25) is 0 Å². The normalized spacial score (nSPS) is 14.0. The second-order valence-corrected chi connectivity index (χ2v) is 4.45. The maximum atomic E-state index is 11.3. The molecule has 1 heterocycles. The van der Waals surface area contributed by atoms with Crippen LogP contribution in [-0.4, -0.2) is 29.0 Å². The molecule has 0 radical (unpaired) electrons. The van der Waals surface area contributed by atoms with Crippen molar-refractivity contribution in [1.29, 1.82) is 0 Å². The van der Waals surface area contributed by atoms with Crippen LogP contribution in [-0.2, 0) is 9.53 Å². The Kier molecular flexibility index (Phi) is 4.45. The molecule has 2 rings (SSSR count). The summed E-state index contributed by atoms with van der Waals surface area (Å²) in [6.07, 6.45) is 7.88. The first-order valence-corrected chi connectivity index (χ1v) is 6.63. The van der Waals surface area contributed by atoms with E-state index in [0.717, 1.165) is 24.1 Å². The average molecular weight is 277 g/mol. The molecule has 1 aliphatic carbocycles. The summed E-state index contributed by atoms with van der Waals surface area (Å²) in [7, 11) is 0. The topological polar surface area (TPSA) is 79.4 Å². The maximum absolute atomic E-state index is 11.3. The van der Waals surface area contributed by atoms with E-state index in [2.05, 4.69) is 11.2 Å². The highest BCUT2D eigenvalue weighted by Crippen LogP contribution is 2.28. The van der Waals surface area contributed by atoms with E-state index in [1.54, 1.807) is 11.6 Å². The van der Waals surface area contributed by atoms with Crippen LogP contribution in [0.5, 0.6) is 5.88 Å². The van der Waals surface area contributed by atoms with Crippen LogP contribution in [0.1, 0.15) is 25.3 Å². The third-order valence-electron chi connectivity index (χ3n) is 3.02. The summed E-state index contributed by atoms with van der Waals surface area (Å²) in [5.74, 6) is 0.483. The molecule has 0 spiro atoms. The molecule has 6 heteroatoms.